The zero-order valence-corrected chi connectivity index (χ0v) is 11.6. The molecule has 5 heteroatoms. The quantitative estimate of drug-likeness (QED) is 0.779. The van der Waals surface area contributed by atoms with Crippen molar-refractivity contribution in [2.75, 3.05) is 26.3 Å². The van der Waals surface area contributed by atoms with Gasteiger partial charge in [-0.25, -0.2) is 0 Å². The molecule has 0 saturated heterocycles. The van der Waals surface area contributed by atoms with Crippen LogP contribution in [0.1, 0.15) is 5.56 Å². The minimum Gasteiger partial charge on any atom is -0.395 e. The molecule has 0 bridgehead atoms. The summed E-state index contributed by atoms with van der Waals surface area (Å²) in [5, 5.41) is 18.9. The van der Waals surface area contributed by atoms with Gasteiger partial charge in [0.2, 0.25) is 5.91 Å². The molecule has 2 N–H and O–H groups in total. The van der Waals surface area contributed by atoms with Gasteiger partial charge in [0, 0.05) is 36.3 Å². The van der Waals surface area contributed by atoms with Gasteiger partial charge in [0.15, 0.2) is 0 Å². The Kier molecular flexibility index (Phi) is 5.43. The Morgan fingerprint density at radius 1 is 1.14 bits per heavy atom. The van der Waals surface area contributed by atoms with E-state index in [0.29, 0.717) is 0 Å². The van der Waals surface area contributed by atoms with Crippen molar-refractivity contribution >= 4 is 22.9 Å². The minimum absolute atomic E-state index is 0.130. The van der Waals surface area contributed by atoms with Gasteiger partial charge in [-0.1, -0.05) is 24.3 Å². The molecule has 110 valence electrons. The van der Waals surface area contributed by atoms with E-state index in [4.69, 9.17) is 10.2 Å². The average Bonchev–Trinajstić information content (AvgIpc) is 2.52. The molecule has 0 atom stereocenters. The molecule has 0 spiro atoms. The van der Waals surface area contributed by atoms with Crippen LogP contribution in [0.25, 0.3) is 17.0 Å². The van der Waals surface area contributed by atoms with Crippen molar-refractivity contribution in [3.8, 4) is 0 Å². The number of hydrogen-bond acceptors (Lipinski definition) is 4. The van der Waals surface area contributed by atoms with E-state index < -0.39 is 0 Å². The summed E-state index contributed by atoms with van der Waals surface area (Å²) >= 11 is 0. The van der Waals surface area contributed by atoms with Crippen molar-refractivity contribution in [1.29, 1.82) is 0 Å². The first-order valence-electron chi connectivity index (χ1n) is 6.78. The summed E-state index contributed by atoms with van der Waals surface area (Å²) in [7, 11) is 0. The van der Waals surface area contributed by atoms with Gasteiger partial charge >= 0.3 is 0 Å². The van der Waals surface area contributed by atoms with Crippen LogP contribution in [0.4, 0.5) is 0 Å². The van der Waals surface area contributed by atoms with Crippen molar-refractivity contribution < 1.29 is 15.0 Å². The highest BCUT2D eigenvalue weighted by Gasteiger charge is 2.09. The molecule has 0 aliphatic heterocycles. The zero-order chi connectivity index (χ0) is 15.1. The standard InChI is InChI=1S/C16H18N2O3/c19-11-9-18(10-12-20)15(21)7-6-14-4-1-3-13-5-2-8-17-16(13)14/h1-8,19-20H,9-12H2/b7-6+. The van der Waals surface area contributed by atoms with Crippen molar-refractivity contribution in [1.82, 2.24) is 9.88 Å². The van der Waals surface area contributed by atoms with Gasteiger partial charge in [-0.15, -0.1) is 0 Å². The number of carbonyl (C=O) groups excluding carboxylic acids is 1. The lowest BCUT2D eigenvalue weighted by molar-refractivity contribution is -0.126. The van der Waals surface area contributed by atoms with Crippen LogP contribution in [0.2, 0.25) is 0 Å². The lowest BCUT2D eigenvalue weighted by Gasteiger charge is -2.18. The van der Waals surface area contributed by atoms with Crippen LogP contribution in [0.3, 0.4) is 0 Å². The van der Waals surface area contributed by atoms with Crippen molar-refractivity contribution in [3.05, 3.63) is 48.2 Å². The number of hydrogen-bond donors (Lipinski definition) is 2. The van der Waals surface area contributed by atoms with Crippen LogP contribution in [0, 0.1) is 0 Å². The molecule has 2 rings (SSSR count). The number of rotatable bonds is 6. The molecule has 1 aromatic carbocycles. The van der Waals surface area contributed by atoms with Gasteiger partial charge in [0.05, 0.1) is 18.7 Å². The normalized spacial score (nSPS) is 11.1. The molecule has 21 heavy (non-hydrogen) atoms. The second-order valence-corrected chi connectivity index (χ2v) is 4.53. The van der Waals surface area contributed by atoms with E-state index >= 15 is 0 Å². The SMILES string of the molecule is O=C(/C=C/c1cccc2cccnc12)N(CCO)CCO. The third-order valence-corrected chi connectivity index (χ3v) is 3.12. The monoisotopic (exact) mass is 286 g/mol. The highest BCUT2D eigenvalue weighted by atomic mass is 16.3. The minimum atomic E-state index is -0.244. The number of nitrogens with zero attached hydrogens (tertiary/aromatic N) is 2. The van der Waals surface area contributed by atoms with Crippen LogP contribution in [0.5, 0.6) is 0 Å². The fourth-order valence-electron chi connectivity index (χ4n) is 2.10. The van der Waals surface area contributed by atoms with E-state index in [2.05, 4.69) is 4.98 Å². The average molecular weight is 286 g/mol. The molecule has 1 aromatic heterocycles. The van der Waals surface area contributed by atoms with Crippen LogP contribution >= 0.6 is 0 Å². The highest BCUT2D eigenvalue weighted by Crippen LogP contribution is 2.17. The van der Waals surface area contributed by atoms with E-state index in [1.807, 2.05) is 30.3 Å². The second-order valence-electron chi connectivity index (χ2n) is 4.53. The van der Waals surface area contributed by atoms with Gasteiger partial charge in [-0.3, -0.25) is 9.78 Å². The molecule has 1 amide bonds. The Hall–Kier alpha value is -2.24. The maximum atomic E-state index is 12.0. The summed E-state index contributed by atoms with van der Waals surface area (Å²) in [4.78, 5) is 17.7. The molecule has 1 heterocycles. The lowest BCUT2D eigenvalue weighted by atomic mass is 10.1. The number of aliphatic hydroxyl groups excluding tert-OH is 2. The molecule has 0 radical (unpaired) electrons. The first-order valence-corrected chi connectivity index (χ1v) is 6.78. The fraction of sp³-hybridized carbons (Fsp3) is 0.250. The van der Waals surface area contributed by atoms with E-state index in [1.165, 1.54) is 11.0 Å². The third kappa shape index (κ3) is 3.87. The van der Waals surface area contributed by atoms with E-state index in [9.17, 15) is 4.79 Å². The van der Waals surface area contributed by atoms with Crippen LogP contribution in [0.15, 0.2) is 42.6 Å². The molecular weight excluding hydrogens is 268 g/mol. The lowest BCUT2D eigenvalue weighted by Crippen LogP contribution is -2.34. The summed E-state index contributed by atoms with van der Waals surface area (Å²) < 4.78 is 0. The Bertz CT molecular complexity index is 629. The Morgan fingerprint density at radius 3 is 2.57 bits per heavy atom. The van der Waals surface area contributed by atoms with Crippen molar-refractivity contribution in [2.45, 2.75) is 0 Å². The molecule has 5 nitrogen and oxygen atoms in total. The van der Waals surface area contributed by atoms with Crippen LogP contribution in [-0.4, -0.2) is 52.3 Å². The molecule has 0 fully saturated rings. The predicted molar refractivity (Wildman–Crippen MR) is 81.5 cm³/mol. The third-order valence-electron chi connectivity index (χ3n) is 3.12. The van der Waals surface area contributed by atoms with Gasteiger partial charge in [-0.2, -0.15) is 0 Å². The first kappa shape index (κ1) is 15.2. The Balaban J connectivity index is 2.20. The maximum absolute atomic E-state index is 12.0. The number of carbonyl (C=O) groups is 1. The molecular formula is C16H18N2O3. The molecule has 0 aliphatic carbocycles. The number of pyridine rings is 1. The topological polar surface area (TPSA) is 73.7 Å². The number of aromatic nitrogens is 1. The summed E-state index contributed by atoms with van der Waals surface area (Å²) in [5.41, 5.74) is 1.69. The zero-order valence-electron chi connectivity index (χ0n) is 11.6. The largest absolute Gasteiger partial charge is 0.395 e. The van der Waals surface area contributed by atoms with Gasteiger partial charge in [-0.05, 0) is 12.1 Å². The highest BCUT2D eigenvalue weighted by molar-refractivity contribution is 5.95. The van der Waals surface area contributed by atoms with Crippen LogP contribution in [-0.2, 0) is 4.79 Å². The number of benzene rings is 1. The Labute approximate surface area is 123 Å². The first-order chi connectivity index (χ1) is 10.3. The number of amides is 1. The van der Waals surface area contributed by atoms with E-state index in [1.54, 1.807) is 12.3 Å². The number of fused-ring (bicyclic) bond motifs is 1. The smallest absolute Gasteiger partial charge is 0.246 e. The maximum Gasteiger partial charge on any atom is 0.246 e. The Morgan fingerprint density at radius 2 is 1.86 bits per heavy atom. The summed E-state index contributed by atoms with van der Waals surface area (Å²) in [6.07, 6.45) is 4.86. The summed E-state index contributed by atoms with van der Waals surface area (Å²) in [5.74, 6) is -0.244. The van der Waals surface area contributed by atoms with Gasteiger partial charge < -0.3 is 15.1 Å². The number of aliphatic hydroxyl groups is 2. The molecule has 2 aromatic rings. The molecule has 0 aliphatic rings. The van der Waals surface area contributed by atoms with E-state index in [0.717, 1.165) is 16.5 Å². The molecule has 0 unspecified atom stereocenters. The summed E-state index contributed by atoms with van der Waals surface area (Å²) in [6, 6.07) is 9.59. The van der Waals surface area contributed by atoms with Gasteiger partial charge in [0.25, 0.3) is 0 Å². The predicted octanol–water partition coefficient (Wildman–Crippen LogP) is 1.06. The van der Waals surface area contributed by atoms with Crippen molar-refractivity contribution in [3.63, 3.8) is 0 Å². The fourth-order valence-corrected chi connectivity index (χ4v) is 2.10. The van der Waals surface area contributed by atoms with Crippen molar-refractivity contribution in [2.24, 2.45) is 0 Å². The van der Waals surface area contributed by atoms with Gasteiger partial charge in [0.1, 0.15) is 0 Å². The second kappa shape index (κ2) is 7.52. The van der Waals surface area contributed by atoms with Crippen LogP contribution < -0.4 is 0 Å². The summed E-state index contributed by atoms with van der Waals surface area (Å²) in [6.45, 7) is 0.153. The number of para-hydroxylation sites is 1. The molecule has 0 saturated carbocycles. The van der Waals surface area contributed by atoms with E-state index in [-0.39, 0.29) is 32.2 Å².